The molecule has 136 valence electrons. The van der Waals surface area contributed by atoms with Crippen molar-refractivity contribution in [1.29, 1.82) is 0 Å². The van der Waals surface area contributed by atoms with E-state index in [1.165, 1.54) is 0 Å². The molecule has 1 aliphatic heterocycles. The predicted octanol–water partition coefficient (Wildman–Crippen LogP) is 3.60. The Kier molecular flexibility index (Phi) is 4.86. The van der Waals surface area contributed by atoms with Crippen LogP contribution in [0.4, 0.5) is 0 Å². The van der Waals surface area contributed by atoms with E-state index < -0.39 is 17.3 Å². The zero-order valence-electron chi connectivity index (χ0n) is 15.5. The van der Waals surface area contributed by atoms with Crippen molar-refractivity contribution >= 4 is 11.9 Å². The maximum atomic E-state index is 13.2. The van der Waals surface area contributed by atoms with Crippen LogP contribution in [0.2, 0.25) is 0 Å². The highest BCUT2D eigenvalue weighted by Gasteiger charge is 2.44. The molecule has 0 saturated carbocycles. The van der Waals surface area contributed by atoms with Crippen LogP contribution in [0.1, 0.15) is 36.5 Å². The summed E-state index contributed by atoms with van der Waals surface area (Å²) in [5, 5.41) is 9.66. The summed E-state index contributed by atoms with van der Waals surface area (Å²) in [4.78, 5) is 26.7. The van der Waals surface area contributed by atoms with Crippen LogP contribution in [0.25, 0.3) is 0 Å². The number of carboxylic acids is 1. The van der Waals surface area contributed by atoms with Gasteiger partial charge in [-0.3, -0.25) is 9.59 Å². The van der Waals surface area contributed by atoms with Gasteiger partial charge in [0.2, 0.25) is 5.91 Å². The van der Waals surface area contributed by atoms with E-state index in [1.807, 2.05) is 75.4 Å². The molecule has 26 heavy (non-hydrogen) atoms. The van der Waals surface area contributed by atoms with E-state index in [-0.39, 0.29) is 18.4 Å². The Hall–Kier alpha value is -2.62. The van der Waals surface area contributed by atoms with Crippen molar-refractivity contribution < 1.29 is 14.7 Å². The number of aryl methyl sites for hydroxylation is 1. The number of likely N-dealkylation sites (tertiary alicyclic amines) is 1. The maximum Gasteiger partial charge on any atom is 0.308 e. The van der Waals surface area contributed by atoms with Gasteiger partial charge in [-0.2, -0.15) is 0 Å². The first-order valence-corrected chi connectivity index (χ1v) is 8.95. The lowest BCUT2D eigenvalue weighted by Crippen LogP contribution is -2.42. The minimum Gasteiger partial charge on any atom is -0.481 e. The SMILES string of the molecule is Cc1ccc(C(C)(C)C(=O)N2C[C@H](C(=O)O)[C@H](c3ccccc3)C2)cc1. The van der Waals surface area contributed by atoms with Gasteiger partial charge in [0.05, 0.1) is 11.3 Å². The normalized spacial score (nSPS) is 20.2. The van der Waals surface area contributed by atoms with Gasteiger partial charge in [0, 0.05) is 19.0 Å². The molecule has 2 aromatic carbocycles. The topological polar surface area (TPSA) is 57.6 Å². The molecule has 2 atom stereocenters. The Morgan fingerprint density at radius 1 is 1.00 bits per heavy atom. The zero-order valence-corrected chi connectivity index (χ0v) is 15.5. The van der Waals surface area contributed by atoms with Gasteiger partial charge in [0.1, 0.15) is 0 Å². The lowest BCUT2D eigenvalue weighted by atomic mass is 9.83. The number of hydrogen-bond acceptors (Lipinski definition) is 2. The first-order chi connectivity index (χ1) is 12.3. The van der Waals surface area contributed by atoms with Crippen molar-refractivity contribution in [3.05, 3.63) is 71.3 Å². The molecule has 1 aliphatic rings. The number of nitrogens with zero attached hydrogens (tertiary/aromatic N) is 1. The van der Waals surface area contributed by atoms with Gasteiger partial charge in [-0.15, -0.1) is 0 Å². The number of rotatable bonds is 4. The Morgan fingerprint density at radius 2 is 1.62 bits per heavy atom. The highest BCUT2D eigenvalue weighted by molar-refractivity contribution is 5.88. The third-order valence-corrected chi connectivity index (χ3v) is 5.46. The summed E-state index contributed by atoms with van der Waals surface area (Å²) in [7, 11) is 0. The lowest BCUT2D eigenvalue weighted by molar-refractivity contribution is -0.142. The van der Waals surface area contributed by atoms with Crippen LogP contribution in [0, 0.1) is 12.8 Å². The van der Waals surface area contributed by atoms with E-state index in [0.717, 1.165) is 16.7 Å². The van der Waals surface area contributed by atoms with Crippen LogP contribution in [0.3, 0.4) is 0 Å². The summed E-state index contributed by atoms with van der Waals surface area (Å²) in [6.45, 7) is 6.52. The fraction of sp³-hybridized carbons (Fsp3) is 0.364. The molecule has 2 aromatic rings. The molecule has 1 saturated heterocycles. The van der Waals surface area contributed by atoms with Crippen molar-refractivity contribution in [2.45, 2.75) is 32.1 Å². The number of amides is 1. The second-order valence-corrected chi connectivity index (χ2v) is 7.66. The van der Waals surface area contributed by atoms with Gasteiger partial charge in [-0.1, -0.05) is 60.2 Å². The second kappa shape index (κ2) is 6.94. The minimum absolute atomic E-state index is 0.0222. The fourth-order valence-electron chi connectivity index (χ4n) is 3.75. The highest BCUT2D eigenvalue weighted by atomic mass is 16.4. The summed E-state index contributed by atoms with van der Waals surface area (Å²) in [6, 6.07) is 17.6. The van der Waals surface area contributed by atoms with Crippen molar-refractivity contribution in [3.63, 3.8) is 0 Å². The molecule has 1 N–H and O–H groups in total. The molecule has 4 heteroatoms. The zero-order chi connectivity index (χ0) is 18.9. The molecule has 0 aromatic heterocycles. The first kappa shape index (κ1) is 18.2. The van der Waals surface area contributed by atoms with Crippen molar-refractivity contribution in [2.24, 2.45) is 5.92 Å². The van der Waals surface area contributed by atoms with Crippen LogP contribution in [0.5, 0.6) is 0 Å². The van der Waals surface area contributed by atoms with Crippen LogP contribution < -0.4 is 0 Å². The molecule has 1 fully saturated rings. The van der Waals surface area contributed by atoms with E-state index in [2.05, 4.69) is 0 Å². The third-order valence-electron chi connectivity index (χ3n) is 5.46. The standard InChI is InChI=1S/C22H25NO3/c1-15-9-11-17(12-10-15)22(2,3)21(26)23-13-18(19(14-23)20(24)25)16-7-5-4-6-8-16/h4-12,18-19H,13-14H2,1-3H3,(H,24,25)/t18-,19-/m0/s1. The van der Waals surface area contributed by atoms with Gasteiger partial charge < -0.3 is 10.0 Å². The molecular formula is C22H25NO3. The Labute approximate surface area is 154 Å². The lowest BCUT2D eigenvalue weighted by Gasteiger charge is -2.30. The molecule has 0 aliphatic carbocycles. The van der Waals surface area contributed by atoms with Crippen LogP contribution in [-0.4, -0.2) is 35.0 Å². The van der Waals surface area contributed by atoms with E-state index in [1.54, 1.807) is 4.90 Å². The average Bonchev–Trinajstić information content (AvgIpc) is 3.07. The quantitative estimate of drug-likeness (QED) is 0.916. The van der Waals surface area contributed by atoms with E-state index >= 15 is 0 Å². The van der Waals surface area contributed by atoms with Gasteiger partial charge in [-0.05, 0) is 31.9 Å². The number of carbonyl (C=O) groups is 2. The molecule has 0 spiro atoms. The number of carbonyl (C=O) groups excluding carboxylic acids is 1. The second-order valence-electron chi connectivity index (χ2n) is 7.66. The summed E-state index contributed by atoms with van der Waals surface area (Å²) in [5.41, 5.74) is 2.38. The van der Waals surface area contributed by atoms with Crippen LogP contribution >= 0.6 is 0 Å². The molecule has 0 radical (unpaired) electrons. The van der Waals surface area contributed by atoms with Crippen LogP contribution in [0.15, 0.2) is 54.6 Å². The number of aliphatic carboxylic acids is 1. The Bertz CT molecular complexity index is 796. The largest absolute Gasteiger partial charge is 0.481 e. The van der Waals surface area contributed by atoms with Gasteiger partial charge in [0.15, 0.2) is 0 Å². The fourth-order valence-corrected chi connectivity index (χ4v) is 3.75. The van der Waals surface area contributed by atoms with E-state index in [9.17, 15) is 14.7 Å². The number of benzene rings is 2. The smallest absolute Gasteiger partial charge is 0.308 e. The van der Waals surface area contributed by atoms with Crippen molar-refractivity contribution in [1.82, 2.24) is 4.90 Å². The summed E-state index contributed by atoms with van der Waals surface area (Å²) in [6.07, 6.45) is 0. The molecule has 1 heterocycles. The minimum atomic E-state index is -0.845. The first-order valence-electron chi connectivity index (χ1n) is 8.95. The molecule has 4 nitrogen and oxygen atoms in total. The summed E-state index contributed by atoms with van der Waals surface area (Å²) < 4.78 is 0. The number of hydrogen-bond donors (Lipinski definition) is 1. The summed E-state index contributed by atoms with van der Waals surface area (Å²) in [5.74, 6) is -1.62. The van der Waals surface area contributed by atoms with E-state index in [0.29, 0.717) is 6.54 Å². The average molecular weight is 351 g/mol. The molecular weight excluding hydrogens is 326 g/mol. The number of carboxylic acid groups (broad SMARTS) is 1. The van der Waals surface area contributed by atoms with Gasteiger partial charge in [0.25, 0.3) is 0 Å². The predicted molar refractivity (Wildman–Crippen MR) is 101 cm³/mol. The molecule has 0 unspecified atom stereocenters. The monoisotopic (exact) mass is 351 g/mol. The van der Waals surface area contributed by atoms with Crippen molar-refractivity contribution in [2.75, 3.05) is 13.1 Å². The van der Waals surface area contributed by atoms with Crippen LogP contribution in [-0.2, 0) is 15.0 Å². The van der Waals surface area contributed by atoms with Gasteiger partial charge in [-0.25, -0.2) is 0 Å². The molecule has 0 bridgehead atoms. The van der Waals surface area contributed by atoms with Crippen molar-refractivity contribution in [3.8, 4) is 0 Å². The molecule has 3 rings (SSSR count). The Balaban J connectivity index is 1.86. The van der Waals surface area contributed by atoms with Gasteiger partial charge >= 0.3 is 5.97 Å². The molecule has 1 amide bonds. The highest BCUT2D eigenvalue weighted by Crippen LogP contribution is 2.36. The Morgan fingerprint density at radius 3 is 2.19 bits per heavy atom. The van der Waals surface area contributed by atoms with E-state index in [4.69, 9.17) is 0 Å². The maximum absolute atomic E-state index is 13.2. The summed E-state index contributed by atoms with van der Waals surface area (Å²) >= 11 is 0. The third kappa shape index (κ3) is 3.36.